The number of fused-ring (bicyclic) bond motifs is 1. The first-order valence-corrected chi connectivity index (χ1v) is 8.12. The second-order valence-corrected chi connectivity index (χ2v) is 6.37. The zero-order chi connectivity index (χ0) is 16.4. The molecule has 3 rings (SSSR count). The number of halogens is 1. The summed E-state index contributed by atoms with van der Waals surface area (Å²) in [7, 11) is 0. The van der Waals surface area contributed by atoms with Crippen LogP contribution in [0.15, 0.2) is 24.3 Å². The van der Waals surface area contributed by atoms with Gasteiger partial charge in [0.1, 0.15) is 5.82 Å². The summed E-state index contributed by atoms with van der Waals surface area (Å²) in [6.07, 6.45) is 1.77. The number of carbonyl (C=O) groups is 2. The van der Waals surface area contributed by atoms with Gasteiger partial charge in [0, 0.05) is 32.2 Å². The molecule has 2 amide bonds. The predicted molar refractivity (Wildman–Crippen MR) is 84.3 cm³/mol. The van der Waals surface area contributed by atoms with Gasteiger partial charge in [-0.2, -0.15) is 0 Å². The molecule has 2 saturated heterocycles. The summed E-state index contributed by atoms with van der Waals surface area (Å²) in [4.78, 5) is 27.3. The third-order valence-corrected chi connectivity index (χ3v) is 4.83. The standard InChI is InChI=1S/C17H22FN3O2/c1-12(5-6-13-3-2-4-14(18)9-13)20-7-8-21-15(11-20)10-19-16(22)17(21)23/h2-4,9,12,15H,5-8,10-11H2,1H3,(H,19,22)/t12-,15-/m1/s1. The molecule has 2 aliphatic rings. The van der Waals surface area contributed by atoms with Crippen molar-refractivity contribution < 1.29 is 14.0 Å². The van der Waals surface area contributed by atoms with Crippen molar-refractivity contribution in [2.24, 2.45) is 0 Å². The maximum atomic E-state index is 13.2. The monoisotopic (exact) mass is 319 g/mol. The zero-order valence-corrected chi connectivity index (χ0v) is 13.3. The molecule has 124 valence electrons. The van der Waals surface area contributed by atoms with Crippen LogP contribution in [0.5, 0.6) is 0 Å². The molecule has 1 N–H and O–H groups in total. The quantitative estimate of drug-likeness (QED) is 0.835. The average molecular weight is 319 g/mol. The van der Waals surface area contributed by atoms with Crippen LogP contribution in [-0.2, 0) is 16.0 Å². The first-order chi connectivity index (χ1) is 11.0. The number of nitrogens with one attached hydrogen (secondary N) is 1. The molecule has 0 aliphatic carbocycles. The molecule has 0 bridgehead atoms. The fourth-order valence-corrected chi connectivity index (χ4v) is 3.39. The second-order valence-electron chi connectivity index (χ2n) is 6.37. The van der Waals surface area contributed by atoms with Crippen molar-refractivity contribution in [1.29, 1.82) is 0 Å². The van der Waals surface area contributed by atoms with Gasteiger partial charge in [0.05, 0.1) is 6.04 Å². The van der Waals surface area contributed by atoms with Crippen LogP contribution in [0.4, 0.5) is 4.39 Å². The van der Waals surface area contributed by atoms with Crippen molar-refractivity contribution in [2.75, 3.05) is 26.2 Å². The minimum Gasteiger partial charge on any atom is -0.346 e. The number of rotatable bonds is 4. The molecule has 0 saturated carbocycles. The molecular formula is C17H22FN3O2. The summed E-state index contributed by atoms with van der Waals surface area (Å²) in [6, 6.07) is 7.15. The highest BCUT2D eigenvalue weighted by Crippen LogP contribution is 2.18. The number of amides is 2. The Bertz CT molecular complexity index is 607. The van der Waals surface area contributed by atoms with E-state index in [2.05, 4.69) is 17.1 Å². The molecule has 0 radical (unpaired) electrons. The molecule has 2 heterocycles. The molecule has 2 atom stereocenters. The van der Waals surface area contributed by atoms with E-state index < -0.39 is 11.8 Å². The fourth-order valence-electron chi connectivity index (χ4n) is 3.39. The topological polar surface area (TPSA) is 52.7 Å². The molecule has 1 aromatic rings. The summed E-state index contributed by atoms with van der Waals surface area (Å²) in [5.41, 5.74) is 1.01. The van der Waals surface area contributed by atoms with E-state index in [-0.39, 0.29) is 11.9 Å². The number of carbonyl (C=O) groups excluding carboxylic acids is 2. The van der Waals surface area contributed by atoms with Crippen molar-refractivity contribution in [3.05, 3.63) is 35.6 Å². The Labute approximate surface area is 135 Å². The Morgan fingerprint density at radius 3 is 2.96 bits per heavy atom. The molecule has 0 spiro atoms. The van der Waals surface area contributed by atoms with E-state index in [9.17, 15) is 14.0 Å². The number of hydrogen-bond donors (Lipinski definition) is 1. The van der Waals surface area contributed by atoms with Crippen molar-refractivity contribution >= 4 is 11.8 Å². The molecule has 23 heavy (non-hydrogen) atoms. The third kappa shape index (κ3) is 3.52. The smallest absolute Gasteiger partial charge is 0.312 e. The van der Waals surface area contributed by atoms with Gasteiger partial charge in [0.15, 0.2) is 0 Å². The molecule has 2 fully saturated rings. The van der Waals surface area contributed by atoms with Gasteiger partial charge in [-0.3, -0.25) is 14.5 Å². The molecule has 5 nitrogen and oxygen atoms in total. The van der Waals surface area contributed by atoms with E-state index in [1.807, 2.05) is 6.07 Å². The van der Waals surface area contributed by atoms with Crippen molar-refractivity contribution in [1.82, 2.24) is 15.1 Å². The predicted octanol–water partition coefficient (Wildman–Crippen LogP) is 0.789. The van der Waals surface area contributed by atoms with E-state index in [0.29, 0.717) is 19.1 Å². The SMILES string of the molecule is C[C@H](CCc1cccc(F)c1)N1CCN2C(=O)C(=O)NC[C@@H]2C1. The Balaban J connectivity index is 1.54. The van der Waals surface area contributed by atoms with Crippen LogP contribution < -0.4 is 5.32 Å². The van der Waals surface area contributed by atoms with Crippen LogP contribution in [-0.4, -0.2) is 59.9 Å². The lowest BCUT2D eigenvalue weighted by Gasteiger charge is -2.45. The van der Waals surface area contributed by atoms with E-state index in [1.165, 1.54) is 6.07 Å². The molecular weight excluding hydrogens is 297 g/mol. The maximum Gasteiger partial charge on any atom is 0.312 e. The lowest BCUT2D eigenvalue weighted by molar-refractivity contribution is -0.153. The van der Waals surface area contributed by atoms with Gasteiger partial charge in [-0.1, -0.05) is 12.1 Å². The first kappa shape index (κ1) is 15.9. The lowest BCUT2D eigenvalue weighted by Crippen LogP contribution is -2.66. The van der Waals surface area contributed by atoms with Gasteiger partial charge < -0.3 is 10.2 Å². The van der Waals surface area contributed by atoms with E-state index in [1.54, 1.807) is 17.0 Å². The maximum absolute atomic E-state index is 13.2. The van der Waals surface area contributed by atoms with E-state index in [0.717, 1.165) is 31.5 Å². The van der Waals surface area contributed by atoms with E-state index >= 15 is 0 Å². The fraction of sp³-hybridized carbons (Fsp3) is 0.529. The largest absolute Gasteiger partial charge is 0.346 e. The average Bonchev–Trinajstić information content (AvgIpc) is 2.56. The molecule has 6 heteroatoms. The van der Waals surface area contributed by atoms with Crippen LogP contribution in [0.25, 0.3) is 0 Å². The van der Waals surface area contributed by atoms with Gasteiger partial charge in [-0.15, -0.1) is 0 Å². The summed E-state index contributed by atoms with van der Waals surface area (Å²) in [6.45, 7) is 4.84. The number of aryl methyl sites for hydroxylation is 1. The van der Waals surface area contributed by atoms with Gasteiger partial charge >= 0.3 is 11.8 Å². The summed E-state index contributed by atoms with van der Waals surface area (Å²) in [5, 5.41) is 2.66. The van der Waals surface area contributed by atoms with Gasteiger partial charge in [-0.25, -0.2) is 4.39 Å². The third-order valence-electron chi connectivity index (χ3n) is 4.83. The van der Waals surface area contributed by atoms with Crippen molar-refractivity contribution in [3.8, 4) is 0 Å². The van der Waals surface area contributed by atoms with Gasteiger partial charge in [0.25, 0.3) is 0 Å². The molecule has 2 aliphatic heterocycles. The second kappa shape index (κ2) is 6.66. The summed E-state index contributed by atoms with van der Waals surface area (Å²) >= 11 is 0. The zero-order valence-electron chi connectivity index (χ0n) is 13.3. The highest BCUT2D eigenvalue weighted by Gasteiger charge is 2.38. The van der Waals surface area contributed by atoms with Crippen LogP contribution in [0, 0.1) is 5.82 Å². The van der Waals surface area contributed by atoms with Crippen LogP contribution in [0.3, 0.4) is 0 Å². The normalized spacial score (nSPS) is 23.4. The highest BCUT2D eigenvalue weighted by atomic mass is 19.1. The first-order valence-electron chi connectivity index (χ1n) is 8.12. The number of benzene rings is 1. The minimum absolute atomic E-state index is 0.0607. The Morgan fingerprint density at radius 1 is 1.35 bits per heavy atom. The summed E-state index contributed by atoms with van der Waals surface area (Å²) < 4.78 is 13.2. The Morgan fingerprint density at radius 2 is 2.17 bits per heavy atom. The Hall–Kier alpha value is -1.95. The number of piperazine rings is 2. The molecule has 0 unspecified atom stereocenters. The number of hydrogen-bond acceptors (Lipinski definition) is 3. The lowest BCUT2D eigenvalue weighted by atomic mass is 10.0. The van der Waals surface area contributed by atoms with Crippen LogP contribution >= 0.6 is 0 Å². The van der Waals surface area contributed by atoms with E-state index in [4.69, 9.17) is 0 Å². The number of nitrogens with zero attached hydrogens (tertiary/aromatic N) is 2. The highest BCUT2D eigenvalue weighted by molar-refractivity contribution is 6.35. The minimum atomic E-state index is -0.492. The van der Waals surface area contributed by atoms with Crippen LogP contribution in [0.1, 0.15) is 18.9 Å². The Kier molecular flexibility index (Phi) is 4.61. The molecule has 0 aromatic heterocycles. The van der Waals surface area contributed by atoms with Crippen LogP contribution in [0.2, 0.25) is 0 Å². The summed E-state index contributed by atoms with van der Waals surface area (Å²) in [5.74, 6) is -1.10. The molecule has 1 aromatic carbocycles. The van der Waals surface area contributed by atoms with Crippen molar-refractivity contribution in [3.63, 3.8) is 0 Å². The van der Waals surface area contributed by atoms with Gasteiger partial charge in [0.2, 0.25) is 0 Å². The van der Waals surface area contributed by atoms with Gasteiger partial charge in [-0.05, 0) is 37.5 Å². The van der Waals surface area contributed by atoms with Crippen molar-refractivity contribution in [2.45, 2.75) is 31.8 Å².